The molecule has 0 saturated carbocycles. The summed E-state index contributed by atoms with van der Waals surface area (Å²) in [7, 11) is 0. The van der Waals surface area contributed by atoms with Crippen LogP contribution in [-0.4, -0.2) is 13.2 Å². The zero-order valence-electron chi connectivity index (χ0n) is 11.4. The first-order valence-corrected chi connectivity index (χ1v) is 6.04. The van der Waals surface area contributed by atoms with Crippen LogP contribution in [0.2, 0.25) is 0 Å². The molecule has 0 radical (unpaired) electrons. The van der Waals surface area contributed by atoms with Crippen LogP contribution in [0, 0.1) is 12.8 Å². The molecule has 0 atom stereocenters. The lowest BCUT2D eigenvalue weighted by atomic mass is 10.2. The average molecular weight is 255 g/mol. The molecular weight excluding hydrogens is 234 g/mol. The molecule has 2 nitrogen and oxygen atoms in total. The number of nitrogens with one attached hydrogen (secondary N) is 1. The highest BCUT2D eigenvalue weighted by atomic mass is 16.5. The maximum absolute atomic E-state index is 5.67. The topological polar surface area (TPSA) is 21.3 Å². The van der Waals surface area contributed by atoms with Gasteiger partial charge in [0.1, 0.15) is 12.4 Å². The molecule has 1 aromatic carbocycles. The first-order chi connectivity index (χ1) is 9.30. The van der Waals surface area contributed by atoms with Crippen molar-refractivity contribution in [2.75, 3.05) is 18.5 Å². The third kappa shape index (κ3) is 6.80. The van der Waals surface area contributed by atoms with Gasteiger partial charge in [0.15, 0.2) is 0 Å². The SMILES string of the molecule is C#C.C=C/C=C(\C=C)COc1cccc(NCC)c1. The van der Waals surface area contributed by atoms with E-state index in [-0.39, 0.29) is 0 Å². The number of rotatable bonds is 7. The molecule has 1 rings (SSSR count). The van der Waals surface area contributed by atoms with Crippen molar-refractivity contribution in [2.24, 2.45) is 0 Å². The number of terminal acetylenes is 1. The number of anilines is 1. The van der Waals surface area contributed by atoms with E-state index in [1.165, 1.54) is 0 Å². The van der Waals surface area contributed by atoms with Crippen molar-refractivity contribution < 1.29 is 4.74 Å². The Morgan fingerprint density at radius 3 is 2.68 bits per heavy atom. The Kier molecular flexibility index (Phi) is 9.38. The predicted molar refractivity (Wildman–Crippen MR) is 84.5 cm³/mol. The van der Waals surface area contributed by atoms with Gasteiger partial charge in [0.25, 0.3) is 0 Å². The van der Waals surface area contributed by atoms with Crippen LogP contribution in [-0.2, 0) is 0 Å². The van der Waals surface area contributed by atoms with E-state index < -0.39 is 0 Å². The van der Waals surface area contributed by atoms with Crippen molar-refractivity contribution in [1.29, 1.82) is 0 Å². The zero-order valence-corrected chi connectivity index (χ0v) is 11.4. The van der Waals surface area contributed by atoms with Gasteiger partial charge in [0, 0.05) is 18.3 Å². The second-order valence-corrected chi connectivity index (χ2v) is 3.53. The molecule has 100 valence electrons. The van der Waals surface area contributed by atoms with Crippen LogP contribution in [0.25, 0.3) is 0 Å². The van der Waals surface area contributed by atoms with Crippen LogP contribution in [0.1, 0.15) is 6.92 Å². The molecule has 0 unspecified atom stereocenters. The van der Waals surface area contributed by atoms with Gasteiger partial charge in [-0.05, 0) is 24.6 Å². The van der Waals surface area contributed by atoms with Gasteiger partial charge < -0.3 is 10.1 Å². The van der Waals surface area contributed by atoms with Crippen molar-refractivity contribution in [1.82, 2.24) is 0 Å². The minimum absolute atomic E-state index is 0.505. The van der Waals surface area contributed by atoms with E-state index in [0.717, 1.165) is 23.6 Å². The van der Waals surface area contributed by atoms with Crippen LogP contribution in [0.3, 0.4) is 0 Å². The molecule has 0 saturated heterocycles. The van der Waals surface area contributed by atoms with Crippen molar-refractivity contribution in [3.05, 3.63) is 61.2 Å². The first-order valence-electron chi connectivity index (χ1n) is 6.04. The number of benzene rings is 1. The van der Waals surface area contributed by atoms with E-state index in [2.05, 4.69) is 38.2 Å². The fourth-order valence-corrected chi connectivity index (χ4v) is 1.39. The van der Waals surface area contributed by atoms with E-state index in [4.69, 9.17) is 4.74 Å². The largest absolute Gasteiger partial charge is 0.489 e. The molecule has 0 aliphatic carbocycles. The molecule has 2 heteroatoms. The van der Waals surface area contributed by atoms with E-state index in [1.807, 2.05) is 30.3 Å². The molecule has 0 aromatic heterocycles. The molecule has 19 heavy (non-hydrogen) atoms. The van der Waals surface area contributed by atoms with Gasteiger partial charge in [-0.15, -0.1) is 12.8 Å². The standard InChI is InChI=1S/C15H19NO.C2H2/c1-4-8-13(5-2)12-17-15-10-7-9-14(11-15)16-6-3;1-2/h4-5,7-11,16H,1-2,6,12H2,3H3;1-2H/b13-8+;. The minimum Gasteiger partial charge on any atom is -0.489 e. The molecule has 0 aliphatic rings. The number of hydrogen-bond acceptors (Lipinski definition) is 2. The molecular formula is C17H21NO. The van der Waals surface area contributed by atoms with Gasteiger partial charge in [-0.1, -0.05) is 37.5 Å². The average Bonchev–Trinajstić information content (AvgIpc) is 2.46. The predicted octanol–water partition coefficient (Wildman–Crippen LogP) is 4.05. The molecule has 0 spiro atoms. The number of allylic oxidation sites excluding steroid dienone is 2. The Balaban J connectivity index is 0.00000154. The molecule has 1 aromatic rings. The molecule has 0 bridgehead atoms. The Labute approximate surface area is 116 Å². The monoisotopic (exact) mass is 255 g/mol. The lowest BCUT2D eigenvalue weighted by Crippen LogP contribution is -2.01. The van der Waals surface area contributed by atoms with E-state index in [9.17, 15) is 0 Å². The van der Waals surface area contributed by atoms with Crippen molar-refractivity contribution in [3.8, 4) is 18.6 Å². The summed E-state index contributed by atoms with van der Waals surface area (Å²) >= 11 is 0. The summed E-state index contributed by atoms with van der Waals surface area (Å²) in [5.41, 5.74) is 2.08. The number of ether oxygens (including phenoxy) is 1. The summed E-state index contributed by atoms with van der Waals surface area (Å²) in [6, 6.07) is 7.91. The van der Waals surface area contributed by atoms with Gasteiger partial charge in [-0.2, -0.15) is 0 Å². The summed E-state index contributed by atoms with van der Waals surface area (Å²) in [6.45, 7) is 10.9. The minimum atomic E-state index is 0.505. The maximum atomic E-state index is 5.67. The molecule has 0 amide bonds. The lowest BCUT2D eigenvalue weighted by molar-refractivity contribution is 0.356. The Hall–Kier alpha value is -2.40. The zero-order chi connectivity index (χ0) is 14.5. The smallest absolute Gasteiger partial charge is 0.121 e. The van der Waals surface area contributed by atoms with Crippen LogP contribution in [0.5, 0.6) is 5.75 Å². The van der Waals surface area contributed by atoms with E-state index in [1.54, 1.807) is 12.2 Å². The second-order valence-electron chi connectivity index (χ2n) is 3.53. The maximum Gasteiger partial charge on any atom is 0.121 e. The third-order valence-electron chi connectivity index (χ3n) is 2.21. The van der Waals surface area contributed by atoms with Gasteiger partial charge in [0.2, 0.25) is 0 Å². The quantitative estimate of drug-likeness (QED) is 0.586. The third-order valence-corrected chi connectivity index (χ3v) is 2.21. The van der Waals surface area contributed by atoms with Crippen LogP contribution in [0.4, 0.5) is 5.69 Å². The van der Waals surface area contributed by atoms with Gasteiger partial charge in [0.05, 0.1) is 0 Å². The van der Waals surface area contributed by atoms with Crippen LogP contribution < -0.4 is 10.1 Å². The highest BCUT2D eigenvalue weighted by molar-refractivity contribution is 5.48. The summed E-state index contributed by atoms with van der Waals surface area (Å²) in [5.74, 6) is 0.847. The molecule has 0 heterocycles. The second kappa shape index (κ2) is 10.7. The van der Waals surface area contributed by atoms with Crippen molar-refractivity contribution >= 4 is 5.69 Å². The number of hydrogen-bond donors (Lipinski definition) is 1. The van der Waals surface area contributed by atoms with Crippen LogP contribution >= 0.6 is 0 Å². The Morgan fingerprint density at radius 1 is 1.37 bits per heavy atom. The Bertz CT molecular complexity index is 444. The lowest BCUT2D eigenvalue weighted by Gasteiger charge is -2.09. The van der Waals surface area contributed by atoms with Crippen LogP contribution in [0.15, 0.2) is 61.2 Å². The van der Waals surface area contributed by atoms with Gasteiger partial charge >= 0.3 is 0 Å². The molecule has 0 aliphatic heterocycles. The fourth-order valence-electron chi connectivity index (χ4n) is 1.39. The summed E-state index contributed by atoms with van der Waals surface area (Å²) in [4.78, 5) is 0. The van der Waals surface area contributed by atoms with E-state index in [0.29, 0.717) is 6.61 Å². The molecule has 1 N–H and O–H groups in total. The van der Waals surface area contributed by atoms with E-state index >= 15 is 0 Å². The summed E-state index contributed by atoms with van der Waals surface area (Å²) in [6.07, 6.45) is 13.4. The first kappa shape index (κ1) is 16.6. The van der Waals surface area contributed by atoms with Crippen molar-refractivity contribution in [3.63, 3.8) is 0 Å². The molecule has 0 fully saturated rings. The van der Waals surface area contributed by atoms with Gasteiger partial charge in [-0.25, -0.2) is 0 Å². The normalized spacial score (nSPS) is 9.74. The van der Waals surface area contributed by atoms with Crippen molar-refractivity contribution in [2.45, 2.75) is 6.92 Å². The van der Waals surface area contributed by atoms with Gasteiger partial charge in [-0.3, -0.25) is 0 Å². The summed E-state index contributed by atoms with van der Waals surface area (Å²) in [5, 5.41) is 3.24. The highest BCUT2D eigenvalue weighted by Crippen LogP contribution is 2.17. The highest BCUT2D eigenvalue weighted by Gasteiger charge is 1.97. The fraction of sp³-hybridized carbons (Fsp3) is 0.176. The summed E-state index contributed by atoms with van der Waals surface area (Å²) < 4.78 is 5.67. The Morgan fingerprint density at radius 2 is 2.11 bits per heavy atom.